The predicted molar refractivity (Wildman–Crippen MR) is 452 cm³/mol. The van der Waals surface area contributed by atoms with E-state index in [-0.39, 0.29) is 138 Å². The molecule has 2 aliphatic rings. The summed E-state index contributed by atoms with van der Waals surface area (Å²) in [5, 5.41) is 7.90. The molecule has 20 nitrogen and oxygen atoms in total. The molecule has 13 aromatic rings. The van der Waals surface area contributed by atoms with Gasteiger partial charge in [0.25, 0.3) is 23.6 Å². The van der Waals surface area contributed by atoms with E-state index in [4.69, 9.17) is 45.5 Å². The lowest BCUT2D eigenvalue weighted by molar-refractivity contribution is -0.126. The molecule has 2 heterocycles. The van der Waals surface area contributed by atoms with Crippen molar-refractivity contribution in [2.24, 2.45) is 11.8 Å². The normalized spacial score (nSPS) is 13.5. The number of hydrogen-bond acceptors (Lipinski definition) is 16. The van der Waals surface area contributed by atoms with Crippen LogP contribution in [0.25, 0.3) is 87.6 Å². The number of imide groups is 2. The molecule has 2 unspecified atom stereocenters. The number of nitrogens with one attached hydrogen (secondary N) is 2. The summed E-state index contributed by atoms with van der Waals surface area (Å²) in [5.74, 6) is -3.41. The molecular formula is C94H88N4O16Si2. The van der Waals surface area contributed by atoms with Crippen molar-refractivity contribution in [1.82, 2.24) is 20.4 Å². The number of ether oxygens (including phenoxy) is 4. The van der Waals surface area contributed by atoms with Crippen molar-refractivity contribution in [1.29, 1.82) is 0 Å². The van der Waals surface area contributed by atoms with Crippen LogP contribution in [0.1, 0.15) is 82.0 Å². The molecule has 0 saturated carbocycles. The molecule has 2 aliphatic heterocycles. The maximum absolute atomic E-state index is 16.7. The van der Waals surface area contributed by atoms with Crippen molar-refractivity contribution in [3.63, 3.8) is 0 Å². The zero-order chi connectivity index (χ0) is 81.1. The first kappa shape index (κ1) is 79.0. The summed E-state index contributed by atoms with van der Waals surface area (Å²) in [4.78, 5) is 99.2. The molecular weight excluding hydrogens is 1500 g/mol. The van der Waals surface area contributed by atoms with Gasteiger partial charge in [0, 0.05) is 111 Å². The van der Waals surface area contributed by atoms with E-state index in [1.807, 2.05) is 246 Å². The van der Waals surface area contributed by atoms with Gasteiger partial charge >= 0.3 is 17.6 Å². The van der Waals surface area contributed by atoms with Gasteiger partial charge in [-0.25, -0.2) is 0 Å². The first-order chi connectivity index (χ1) is 56.3. The highest BCUT2D eigenvalue weighted by molar-refractivity contribution is 6.61. The van der Waals surface area contributed by atoms with Gasteiger partial charge in [0.1, 0.15) is 58.1 Å². The highest BCUT2D eigenvalue weighted by atomic mass is 28.4. The summed E-state index contributed by atoms with van der Waals surface area (Å²) >= 11 is 0. The lowest BCUT2D eigenvalue weighted by Gasteiger charge is -2.36. The molecule has 0 bridgehead atoms. The fourth-order valence-electron chi connectivity index (χ4n) is 15.9. The van der Waals surface area contributed by atoms with Crippen LogP contribution in [0.2, 0.25) is 12.1 Å². The maximum atomic E-state index is 16.7. The van der Waals surface area contributed by atoms with E-state index in [9.17, 15) is 0 Å². The molecule has 15 rings (SSSR count). The van der Waals surface area contributed by atoms with Gasteiger partial charge in [-0.05, 0) is 142 Å². The number of benzene rings is 13. The van der Waals surface area contributed by atoms with Gasteiger partial charge < -0.3 is 56.1 Å². The van der Waals surface area contributed by atoms with Crippen LogP contribution in [0.3, 0.4) is 0 Å². The van der Waals surface area contributed by atoms with Gasteiger partial charge in [-0.3, -0.25) is 38.6 Å². The second-order valence-electron chi connectivity index (χ2n) is 29.6. The molecule has 13 aromatic carbocycles. The van der Waals surface area contributed by atoms with Crippen LogP contribution in [0.15, 0.2) is 243 Å². The standard InChI is InChI=1S/C94H88N4O16Si2/c1-57(2)51-75(89(99)95-47-49-115(105-5,106-6)107-7)97-91(101)71-53-77(111-67-39-31-63(32-40-67)59-23-15-11-16-24-59)83-85-79(113-69-43-35-65(36-44-69)61-27-19-13-20-28-61)55-73-82-74(94(104)98(93(73)103)76(52-58(3)4)90(100)96-48-50-116(108-8,109-9)110-10)56-80(114-70-45-37-66(38-46-70)62-29-21-14-22-30-62)86(88(82)85)84-78(54-72(92(97)102)81(71)87(83)84)112-68-41-33-64(34-42-68)60-25-17-12-18-26-60/h11-46,53-58,75-76H,47-52H2,1-10H3,(H,95,99)(H,96,100). The zero-order valence-electron chi connectivity index (χ0n) is 66.1. The average molecular weight is 1590 g/mol. The van der Waals surface area contributed by atoms with E-state index < -0.39 is 65.1 Å². The monoisotopic (exact) mass is 1580 g/mol. The lowest BCUT2D eigenvalue weighted by atomic mass is 9.80. The van der Waals surface area contributed by atoms with Crippen LogP contribution < -0.4 is 29.6 Å². The number of carbonyl (C=O) groups is 6. The second kappa shape index (κ2) is 33.7. The minimum Gasteiger partial charge on any atom is -0.457 e. The fourth-order valence-corrected chi connectivity index (χ4v) is 19.0. The number of hydrogen-bond donors (Lipinski definition) is 2. The molecule has 0 saturated heterocycles. The van der Waals surface area contributed by atoms with Crippen LogP contribution >= 0.6 is 0 Å². The summed E-state index contributed by atoms with van der Waals surface area (Å²) in [5.41, 5.74) is 7.25. The Kier molecular flexibility index (Phi) is 22.9. The maximum Gasteiger partial charge on any atom is 0.501 e. The van der Waals surface area contributed by atoms with E-state index in [0.717, 1.165) is 54.3 Å². The third-order valence-corrected chi connectivity index (χ3v) is 27.1. The molecule has 116 heavy (non-hydrogen) atoms. The van der Waals surface area contributed by atoms with Crippen molar-refractivity contribution in [2.75, 3.05) is 55.7 Å². The molecule has 22 heteroatoms. The smallest absolute Gasteiger partial charge is 0.457 e. The van der Waals surface area contributed by atoms with Crippen molar-refractivity contribution in [3.8, 4) is 90.5 Å². The van der Waals surface area contributed by atoms with Gasteiger partial charge in [-0.15, -0.1) is 0 Å². The first-order valence-electron chi connectivity index (χ1n) is 38.6. The van der Waals surface area contributed by atoms with Crippen LogP contribution in [0.5, 0.6) is 46.0 Å². The van der Waals surface area contributed by atoms with Gasteiger partial charge in [-0.2, -0.15) is 0 Å². The third-order valence-electron chi connectivity index (χ3n) is 21.7. The predicted octanol–water partition coefficient (Wildman–Crippen LogP) is 19.6. The van der Waals surface area contributed by atoms with Crippen molar-refractivity contribution < 1.29 is 74.3 Å². The highest BCUT2D eigenvalue weighted by Gasteiger charge is 2.48. The molecule has 0 aliphatic carbocycles. The Bertz CT molecular complexity index is 5160. The third kappa shape index (κ3) is 15.3. The number of amides is 6. The molecule has 0 fully saturated rings. The molecule has 0 aromatic heterocycles. The molecule has 2 N–H and O–H groups in total. The summed E-state index contributed by atoms with van der Waals surface area (Å²) in [6.45, 7) is 7.65. The van der Waals surface area contributed by atoms with E-state index in [0.29, 0.717) is 23.0 Å². The topological polar surface area (TPSA) is 225 Å². The number of carbonyl (C=O) groups excluding carboxylic acids is 6. The fraction of sp³-hybridized carbons (Fsp3) is 0.213. The molecule has 0 spiro atoms. The minimum absolute atomic E-state index is 0.00855. The number of nitrogens with zero attached hydrogens (tertiary/aromatic N) is 2. The minimum atomic E-state index is -3.26. The summed E-state index contributed by atoms with van der Waals surface area (Å²) in [6, 6.07) is 73.3. The van der Waals surface area contributed by atoms with Gasteiger partial charge in [0.05, 0.1) is 22.3 Å². The van der Waals surface area contributed by atoms with E-state index in [1.54, 1.807) is 24.3 Å². The summed E-state index contributed by atoms with van der Waals surface area (Å²) < 4.78 is 64.1. The Balaban J connectivity index is 1.06. The van der Waals surface area contributed by atoms with Crippen LogP contribution in [-0.4, -0.2) is 131 Å². The molecule has 0 radical (unpaired) electrons. The highest BCUT2D eigenvalue weighted by Crippen LogP contribution is 2.58. The Hall–Kier alpha value is -12.2. The van der Waals surface area contributed by atoms with Crippen molar-refractivity contribution in [3.05, 3.63) is 265 Å². The average Bonchev–Trinajstić information content (AvgIpc) is 0.670. The van der Waals surface area contributed by atoms with E-state index in [1.165, 1.54) is 42.7 Å². The van der Waals surface area contributed by atoms with Gasteiger partial charge in [0.2, 0.25) is 11.8 Å². The first-order valence-corrected chi connectivity index (χ1v) is 42.5. The Morgan fingerprint density at radius 3 is 0.724 bits per heavy atom. The van der Waals surface area contributed by atoms with Gasteiger partial charge in [0.15, 0.2) is 0 Å². The van der Waals surface area contributed by atoms with Crippen molar-refractivity contribution >= 4 is 96.1 Å². The van der Waals surface area contributed by atoms with Crippen LogP contribution in [0, 0.1) is 11.8 Å². The van der Waals surface area contributed by atoms with Crippen molar-refractivity contribution in [2.45, 2.75) is 64.7 Å². The zero-order valence-corrected chi connectivity index (χ0v) is 68.1. The Morgan fingerprint density at radius 1 is 0.302 bits per heavy atom. The lowest BCUT2D eigenvalue weighted by Crippen LogP contribution is -2.55. The quantitative estimate of drug-likeness (QED) is 0.0173. The summed E-state index contributed by atoms with van der Waals surface area (Å²) in [6.07, 6.45) is 0.0925. The largest absolute Gasteiger partial charge is 0.501 e. The Labute approximate surface area is 674 Å². The Morgan fingerprint density at radius 2 is 0.517 bits per heavy atom. The second-order valence-corrected chi connectivity index (χ2v) is 35.8. The molecule has 2 atom stereocenters. The number of rotatable bonds is 32. The van der Waals surface area contributed by atoms with Crippen LogP contribution in [-0.2, 0) is 36.1 Å². The number of fused-ring (bicyclic) bond motifs is 2. The van der Waals surface area contributed by atoms with E-state index >= 15 is 28.8 Å². The molecule has 588 valence electrons. The SMILES string of the molecule is CO[Si](CCNC(=O)C(CC(C)C)N1C(=O)c2cc(Oc3ccc(-c4ccccc4)cc3)c3c4c(Oc5ccc(-c6ccccc6)cc5)cc5c6c(cc(Oc7ccc(-c8ccccc8)cc7)c(c7c(Oc8ccc(-c9ccccc9)cc8)cc(c2c37)C1=O)c64)C(=O)N(C(CC(C)C)C(=O)NCC[Si](OC)(OC)OC)C5=O)(OC)OC. The van der Waals surface area contributed by atoms with Gasteiger partial charge in [-0.1, -0.05) is 198 Å². The van der Waals surface area contributed by atoms with E-state index in [2.05, 4.69) is 10.6 Å². The summed E-state index contributed by atoms with van der Waals surface area (Å²) in [7, 11) is 2.35. The molecule has 6 amide bonds. The van der Waals surface area contributed by atoms with Crippen LogP contribution in [0.4, 0.5) is 0 Å².